The predicted octanol–water partition coefficient (Wildman–Crippen LogP) is 1.44. The van der Waals surface area contributed by atoms with Crippen molar-refractivity contribution in [2.75, 3.05) is 25.5 Å². The summed E-state index contributed by atoms with van der Waals surface area (Å²) in [5.41, 5.74) is 0. The number of nitrogens with zero attached hydrogens (tertiary/aromatic N) is 1. The van der Waals surface area contributed by atoms with Crippen molar-refractivity contribution in [3.8, 4) is 0 Å². The standard InChI is InChI=1S/C6H11NO2.CH2Cl2/c1-7-3-2-5(4-7)6(8)9;2-1-3/h5H,2-4H2,1H3,(H,8,9);1H2/t5-;/m0./s1. The van der Waals surface area contributed by atoms with Crippen molar-refractivity contribution in [2.45, 2.75) is 6.42 Å². The van der Waals surface area contributed by atoms with E-state index in [0.29, 0.717) is 0 Å². The average molecular weight is 214 g/mol. The van der Waals surface area contributed by atoms with Gasteiger partial charge >= 0.3 is 5.97 Å². The van der Waals surface area contributed by atoms with Crippen LogP contribution in [-0.4, -0.2) is 41.5 Å². The van der Waals surface area contributed by atoms with Gasteiger partial charge in [0.05, 0.1) is 11.3 Å². The first kappa shape index (κ1) is 12.0. The first-order chi connectivity index (χ1) is 5.61. The van der Waals surface area contributed by atoms with E-state index in [1.165, 1.54) is 0 Å². The van der Waals surface area contributed by atoms with E-state index in [2.05, 4.69) is 0 Å². The molecule has 1 aliphatic heterocycles. The Morgan fingerprint density at radius 3 is 2.33 bits per heavy atom. The molecule has 5 heteroatoms. The second kappa shape index (κ2) is 6.52. The van der Waals surface area contributed by atoms with Gasteiger partial charge in [0.2, 0.25) is 0 Å². The third-order valence-corrected chi connectivity index (χ3v) is 1.74. The summed E-state index contributed by atoms with van der Waals surface area (Å²) in [5, 5.41) is 8.70. The summed E-state index contributed by atoms with van der Waals surface area (Å²) < 4.78 is 0. The molecule has 0 spiro atoms. The Kier molecular flexibility index (Phi) is 6.52. The molecule has 12 heavy (non-hydrogen) atoms. The number of hydrogen-bond donors (Lipinski definition) is 1. The van der Waals surface area contributed by atoms with Gasteiger partial charge in [-0.25, -0.2) is 0 Å². The van der Waals surface area contributed by atoms with Gasteiger partial charge in [-0.15, -0.1) is 23.2 Å². The van der Waals surface area contributed by atoms with Crippen LogP contribution < -0.4 is 0 Å². The van der Waals surface area contributed by atoms with Crippen molar-refractivity contribution < 1.29 is 9.90 Å². The smallest absolute Gasteiger partial charge is 0.307 e. The van der Waals surface area contributed by atoms with Crippen LogP contribution in [0, 0.1) is 5.92 Å². The summed E-state index contributed by atoms with van der Waals surface area (Å²) in [6.07, 6.45) is 0.811. The summed E-state index contributed by atoms with van der Waals surface area (Å²) in [7, 11) is 1.95. The fourth-order valence-electron chi connectivity index (χ4n) is 1.14. The van der Waals surface area contributed by atoms with E-state index in [1.807, 2.05) is 11.9 Å². The molecule has 1 rings (SSSR count). The maximum Gasteiger partial charge on any atom is 0.307 e. The summed E-state index contributed by atoms with van der Waals surface area (Å²) >= 11 is 9.53. The Morgan fingerprint density at radius 2 is 2.17 bits per heavy atom. The first-order valence-corrected chi connectivity index (χ1v) is 4.72. The van der Waals surface area contributed by atoms with Gasteiger partial charge in [0, 0.05) is 6.54 Å². The molecule has 1 aliphatic rings. The molecule has 1 atom stereocenters. The van der Waals surface area contributed by atoms with Gasteiger partial charge in [-0.3, -0.25) is 4.79 Å². The zero-order chi connectivity index (χ0) is 9.56. The molecule has 1 saturated heterocycles. The maximum atomic E-state index is 10.3. The summed E-state index contributed by atoms with van der Waals surface area (Å²) in [4.78, 5) is 12.4. The molecule has 1 fully saturated rings. The van der Waals surface area contributed by atoms with Crippen LogP contribution in [0.25, 0.3) is 0 Å². The van der Waals surface area contributed by atoms with Crippen molar-refractivity contribution in [1.82, 2.24) is 4.90 Å². The third-order valence-electron chi connectivity index (χ3n) is 1.74. The molecule has 0 saturated carbocycles. The fraction of sp³-hybridized carbons (Fsp3) is 0.857. The van der Waals surface area contributed by atoms with Crippen LogP contribution in [0.3, 0.4) is 0 Å². The van der Waals surface area contributed by atoms with Gasteiger partial charge in [-0.2, -0.15) is 0 Å². The number of likely N-dealkylation sites (tertiary alicyclic amines) is 1. The lowest BCUT2D eigenvalue weighted by Crippen LogP contribution is -2.18. The molecule has 0 aromatic rings. The van der Waals surface area contributed by atoms with Crippen molar-refractivity contribution >= 4 is 29.2 Å². The lowest BCUT2D eigenvalue weighted by atomic mass is 10.1. The Bertz CT molecular complexity index is 143. The summed E-state index contributed by atoms with van der Waals surface area (Å²) in [5.74, 6) is -0.769. The van der Waals surface area contributed by atoms with E-state index in [-0.39, 0.29) is 11.3 Å². The van der Waals surface area contributed by atoms with Crippen molar-refractivity contribution in [2.24, 2.45) is 5.92 Å². The summed E-state index contributed by atoms with van der Waals surface area (Å²) in [6.45, 7) is 1.65. The highest BCUT2D eigenvalue weighted by molar-refractivity contribution is 6.40. The molecular formula is C7H13Cl2NO2. The number of carbonyl (C=O) groups is 1. The average Bonchev–Trinajstić information content (AvgIpc) is 2.37. The molecule has 0 aromatic carbocycles. The molecule has 1 heterocycles. The first-order valence-electron chi connectivity index (χ1n) is 3.65. The molecule has 0 amide bonds. The number of carboxylic acids is 1. The van der Waals surface area contributed by atoms with E-state index in [0.717, 1.165) is 19.5 Å². The largest absolute Gasteiger partial charge is 0.481 e. The minimum atomic E-state index is -0.653. The van der Waals surface area contributed by atoms with Crippen molar-refractivity contribution in [3.63, 3.8) is 0 Å². The minimum Gasteiger partial charge on any atom is -0.481 e. The SMILES string of the molecule is CN1CC[C@H](C(=O)O)C1.ClCCl. The van der Waals surface area contributed by atoms with E-state index < -0.39 is 5.97 Å². The third kappa shape index (κ3) is 4.80. The van der Waals surface area contributed by atoms with Crippen LogP contribution in [0.5, 0.6) is 0 Å². The van der Waals surface area contributed by atoms with Gasteiger partial charge in [-0.05, 0) is 20.0 Å². The van der Waals surface area contributed by atoms with Gasteiger partial charge in [0.25, 0.3) is 0 Å². The summed E-state index contributed by atoms with van der Waals surface area (Å²) in [6, 6.07) is 0. The Balaban J connectivity index is 0.000000354. The Hall–Kier alpha value is 0.01000. The molecular weight excluding hydrogens is 201 g/mol. The highest BCUT2D eigenvalue weighted by atomic mass is 35.5. The van der Waals surface area contributed by atoms with Gasteiger partial charge in [0.1, 0.15) is 0 Å². The lowest BCUT2D eigenvalue weighted by Gasteiger charge is -2.04. The van der Waals surface area contributed by atoms with E-state index in [1.54, 1.807) is 0 Å². The van der Waals surface area contributed by atoms with Gasteiger partial charge in [-0.1, -0.05) is 0 Å². The highest BCUT2D eigenvalue weighted by Crippen LogP contribution is 2.13. The van der Waals surface area contributed by atoms with Crippen molar-refractivity contribution in [3.05, 3.63) is 0 Å². The molecule has 3 nitrogen and oxygen atoms in total. The molecule has 0 unspecified atom stereocenters. The fourth-order valence-corrected chi connectivity index (χ4v) is 1.14. The quantitative estimate of drug-likeness (QED) is 0.671. The normalized spacial score (nSPS) is 23.1. The Morgan fingerprint density at radius 1 is 1.67 bits per heavy atom. The predicted molar refractivity (Wildman–Crippen MR) is 49.8 cm³/mol. The maximum absolute atomic E-state index is 10.3. The van der Waals surface area contributed by atoms with Crippen LogP contribution in [0.2, 0.25) is 0 Å². The number of aliphatic carboxylic acids is 1. The zero-order valence-electron chi connectivity index (χ0n) is 6.96. The number of hydrogen-bond acceptors (Lipinski definition) is 2. The second-order valence-electron chi connectivity index (χ2n) is 2.69. The second-order valence-corrected chi connectivity index (χ2v) is 3.50. The van der Waals surface area contributed by atoms with Gasteiger partial charge < -0.3 is 10.0 Å². The molecule has 72 valence electrons. The number of carboxylic acid groups (broad SMARTS) is 1. The lowest BCUT2D eigenvalue weighted by molar-refractivity contribution is -0.141. The van der Waals surface area contributed by atoms with E-state index in [9.17, 15) is 4.79 Å². The highest BCUT2D eigenvalue weighted by Gasteiger charge is 2.24. The van der Waals surface area contributed by atoms with E-state index in [4.69, 9.17) is 28.3 Å². The van der Waals surface area contributed by atoms with Crippen molar-refractivity contribution in [1.29, 1.82) is 0 Å². The number of alkyl halides is 2. The molecule has 0 radical (unpaired) electrons. The molecule has 1 N–H and O–H groups in total. The minimum absolute atomic E-state index is 0.116. The van der Waals surface area contributed by atoms with Crippen LogP contribution in [0.4, 0.5) is 0 Å². The van der Waals surface area contributed by atoms with Crippen LogP contribution >= 0.6 is 23.2 Å². The van der Waals surface area contributed by atoms with Crippen LogP contribution in [0.15, 0.2) is 0 Å². The zero-order valence-corrected chi connectivity index (χ0v) is 8.48. The molecule has 0 bridgehead atoms. The van der Waals surface area contributed by atoms with Crippen LogP contribution in [-0.2, 0) is 4.79 Å². The van der Waals surface area contributed by atoms with Gasteiger partial charge in [0.15, 0.2) is 0 Å². The Labute approximate surface area is 82.3 Å². The number of rotatable bonds is 1. The topological polar surface area (TPSA) is 40.5 Å². The van der Waals surface area contributed by atoms with E-state index >= 15 is 0 Å². The monoisotopic (exact) mass is 213 g/mol. The molecule has 0 aromatic heterocycles. The molecule has 0 aliphatic carbocycles. The van der Waals surface area contributed by atoms with Crippen LogP contribution in [0.1, 0.15) is 6.42 Å². The number of halogens is 2.